The van der Waals surface area contributed by atoms with Gasteiger partial charge in [-0.15, -0.1) is 0 Å². The molecule has 1 aliphatic heterocycles. The molecule has 0 amide bonds. The lowest BCUT2D eigenvalue weighted by Crippen LogP contribution is -3.16. The van der Waals surface area contributed by atoms with Crippen LogP contribution in [0, 0.1) is 0 Å². The molecule has 0 spiro atoms. The first kappa shape index (κ1) is 16.8. The number of halogens is 1. The van der Waals surface area contributed by atoms with E-state index in [1.54, 1.807) is 10.6 Å². The second-order valence-corrected chi connectivity index (χ2v) is 6.67. The lowest BCUT2D eigenvalue weighted by Gasteiger charge is -2.31. The number of nitrogens with zero attached hydrogens (tertiary/aromatic N) is 1. The summed E-state index contributed by atoms with van der Waals surface area (Å²) in [4.78, 5) is 28.3. The molecule has 1 aliphatic rings. The van der Waals surface area contributed by atoms with Crippen molar-refractivity contribution in [1.29, 1.82) is 0 Å². The van der Waals surface area contributed by atoms with Crippen molar-refractivity contribution in [3.63, 3.8) is 0 Å². The molecule has 7 heteroatoms. The maximum absolute atomic E-state index is 12.3. The van der Waals surface area contributed by atoms with Crippen LogP contribution in [-0.4, -0.2) is 22.3 Å². The van der Waals surface area contributed by atoms with E-state index in [9.17, 15) is 9.59 Å². The van der Waals surface area contributed by atoms with Crippen molar-refractivity contribution >= 4 is 17.4 Å². The lowest BCUT2D eigenvalue weighted by molar-refractivity contribution is -0.935. The second kappa shape index (κ2) is 6.83. The van der Waals surface area contributed by atoms with Gasteiger partial charge in [0.05, 0.1) is 12.6 Å². The van der Waals surface area contributed by atoms with Gasteiger partial charge in [0.1, 0.15) is 17.9 Å². The molecular weight excluding hydrogens is 328 g/mol. The SMILES string of the molecule is CC[C@H](C)[NH+]1CNc2c(c(=O)[nH]c(=O)n2Cc2ccccc2Cl)C1. The summed E-state index contributed by atoms with van der Waals surface area (Å²) in [5, 5.41) is 3.88. The number of quaternary nitrogens is 1. The molecule has 3 N–H and O–H groups in total. The van der Waals surface area contributed by atoms with E-state index in [1.807, 2.05) is 18.2 Å². The summed E-state index contributed by atoms with van der Waals surface area (Å²) in [6.07, 6.45) is 1.03. The average Bonchev–Trinajstić information content (AvgIpc) is 2.59. The molecule has 1 aromatic carbocycles. The topological polar surface area (TPSA) is 71.3 Å². The summed E-state index contributed by atoms with van der Waals surface area (Å²) in [6, 6.07) is 7.84. The van der Waals surface area contributed by atoms with Crippen LogP contribution >= 0.6 is 11.6 Å². The van der Waals surface area contributed by atoms with Gasteiger partial charge < -0.3 is 10.2 Å². The van der Waals surface area contributed by atoms with Gasteiger partial charge in [0.25, 0.3) is 5.56 Å². The van der Waals surface area contributed by atoms with E-state index in [-0.39, 0.29) is 5.56 Å². The minimum atomic E-state index is -0.418. The molecule has 2 atom stereocenters. The Morgan fingerprint density at radius 1 is 1.33 bits per heavy atom. The van der Waals surface area contributed by atoms with E-state index in [1.165, 1.54) is 4.90 Å². The molecule has 0 radical (unpaired) electrons. The first-order valence-corrected chi connectivity index (χ1v) is 8.57. The Morgan fingerprint density at radius 2 is 2.08 bits per heavy atom. The molecule has 0 aliphatic carbocycles. The normalized spacial score (nSPS) is 17.9. The molecule has 6 nitrogen and oxygen atoms in total. The zero-order valence-corrected chi connectivity index (χ0v) is 14.6. The standard InChI is InChI=1S/C17H21ClN4O2/c1-3-11(2)21-9-13-15(19-10-21)22(17(24)20-16(13)23)8-12-6-4-5-7-14(12)18/h4-7,11,19H,3,8-10H2,1-2H3,(H,20,23,24)/p+1/t11-/m0/s1. The monoisotopic (exact) mass is 349 g/mol. The zero-order chi connectivity index (χ0) is 17.3. The minimum absolute atomic E-state index is 0.307. The minimum Gasteiger partial charge on any atom is -0.324 e. The van der Waals surface area contributed by atoms with Crippen molar-refractivity contribution in [2.45, 2.75) is 39.4 Å². The molecule has 1 aromatic heterocycles. The highest BCUT2D eigenvalue weighted by Crippen LogP contribution is 2.18. The van der Waals surface area contributed by atoms with Gasteiger partial charge in [0.15, 0.2) is 6.67 Å². The van der Waals surface area contributed by atoms with Crippen LogP contribution in [0.15, 0.2) is 33.9 Å². The van der Waals surface area contributed by atoms with Crippen molar-refractivity contribution in [2.75, 3.05) is 12.0 Å². The molecule has 0 bridgehead atoms. The van der Waals surface area contributed by atoms with E-state index in [4.69, 9.17) is 11.6 Å². The number of hydrogen-bond acceptors (Lipinski definition) is 3. The molecule has 1 unspecified atom stereocenters. The van der Waals surface area contributed by atoms with Crippen LogP contribution in [-0.2, 0) is 13.1 Å². The van der Waals surface area contributed by atoms with Crippen molar-refractivity contribution in [1.82, 2.24) is 9.55 Å². The maximum Gasteiger partial charge on any atom is 0.330 e. The first-order chi connectivity index (χ1) is 11.5. The fourth-order valence-corrected chi connectivity index (χ4v) is 3.25. The predicted molar refractivity (Wildman–Crippen MR) is 94.8 cm³/mol. The number of rotatable bonds is 4. The van der Waals surface area contributed by atoms with Gasteiger partial charge in [-0.3, -0.25) is 14.3 Å². The van der Waals surface area contributed by atoms with Crippen LogP contribution in [0.5, 0.6) is 0 Å². The molecule has 0 saturated carbocycles. The number of H-pyrrole nitrogens is 1. The Hall–Kier alpha value is -2.05. The van der Waals surface area contributed by atoms with E-state index in [0.29, 0.717) is 42.2 Å². The van der Waals surface area contributed by atoms with E-state index >= 15 is 0 Å². The third-order valence-electron chi connectivity index (χ3n) is 4.78. The molecule has 0 fully saturated rings. The summed E-state index contributed by atoms with van der Waals surface area (Å²) in [7, 11) is 0. The zero-order valence-electron chi connectivity index (χ0n) is 13.9. The number of anilines is 1. The molecule has 128 valence electrons. The molecular formula is C17H22ClN4O2+. The van der Waals surface area contributed by atoms with Crippen molar-refractivity contribution < 1.29 is 4.90 Å². The number of aromatic nitrogens is 2. The second-order valence-electron chi connectivity index (χ2n) is 6.26. The summed E-state index contributed by atoms with van der Waals surface area (Å²) < 4.78 is 1.56. The molecule has 2 heterocycles. The van der Waals surface area contributed by atoms with Crippen LogP contribution in [0.4, 0.5) is 5.82 Å². The van der Waals surface area contributed by atoms with Crippen LogP contribution < -0.4 is 21.5 Å². The van der Waals surface area contributed by atoms with Gasteiger partial charge in [-0.2, -0.15) is 0 Å². The Labute approximate surface area is 145 Å². The lowest BCUT2D eigenvalue weighted by atomic mass is 10.1. The highest BCUT2D eigenvalue weighted by molar-refractivity contribution is 6.31. The highest BCUT2D eigenvalue weighted by atomic mass is 35.5. The average molecular weight is 350 g/mol. The summed E-state index contributed by atoms with van der Waals surface area (Å²) in [5.41, 5.74) is 0.744. The maximum atomic E-state index is 12.3. The van der Waals surface area contributed by atoms with Crippen molar-refractivity contribution in [3.05, 3.63) is 61.3 Å². The van der Waals surface area contributed by atoms with Gasteiger partial charge >= 0.3 is 5.69 Å². The fraction of sp³-hybridized carbons (Fsp3) is 0.412. The molecule has 2 aromatic rings. The Bertz CT molecular complexity index is 858. The van der Waals surface area contributed by atoms with Crippen molar-refractivity contribution in [2.24, 2.45) is 0 Å². The highest BCUT2D eigenvalue weighted by Gasteiger charge is 2.28. The molecule has 0 saturated heterocycles. The van der Waals surface area contributed by atoms with Crippen LogP contribution in [0.3, 0.4) is 0 Å². The Morgan fingerprint density at radius 3 is 2.79 bits per heavy atom. The summed E-state index contributed by atoms with van der Waals surface area (Å²) in [5.74, 6) is 0.607. The van der Waals surface area contributed by atoms with Gasteiger partial charge in [0, 0.05) is 5.02 Å². The number of benzene rings is 1. The fourth-order valence-electron chi connectivity index (χ4n) is 3.05. The number of fused-ring (bicyclic) bond motifs is 1. The van der Waals surface area contributed by atoms with Crippen molar-refractivity contribution in [3.8, 4) is 0 Å². The number of nitrogens with one attached hydrogen (secondary N) is 3. The van der Waals surface area contributed by atoms with E-state index in [0.717, 1.165) is 12.0 Å². The van der Waals surface area contributed by atoms with Crippen LogP contribution in [0.2, 0.25) is 5.02 Å². The van der Waals surface area contributed by atoms with Gasteiger partial charge in [0.2, 0.25) is 0 Å². The van der Waals surface area contributed by atoms with Gasteiger partial charge in [-0.25, -0.2) is 4.79 Å². The number of hydrogen-bond donors (Lipinski definition) is 3. The Kier molecular flexibility index (Phi) is 4.78. The van der Waals surface area contributed by atoms with E-state index < -0.39 is 5.69 Å². The third kappa shape index (κ3) is 3.12. The number of aromatic amines is 1. The van der Waals surface area contributed by atoms with E-state index in [2.05, 4.69) is 24.1 Å². The third-order valence-corrected chi connectivity index (χ3v) is 5.15. The molecule has 3 rings (SSSR count). The summed E-state index contributed by atoms with van der Waals surface area (Å²) in [6.45, 7) is 5.91. The smallest absolute Gasteiger partial charge is 0.324 e. The summed E-state index contributed by atoms with van der Waals surface area (Å²) >= 11 is 6.21. The first-order valence-electron chi connectivity index (χ1n) is 8.19. The largest absolute Gasteiger partial charge is 0.330 e. The Balaban J connectivity index is 2.02. The van der Waals surface area contributed by atoms with Gasteiger partial charge in [-0.1, -0.05) is 36.7 Å². The van der Waals surface area contributed by atoms with Crippen LogP contribution in [0.1, 0.15) is 31.4 Å². The van der Waals surface area contributed by atoms with Gasteiger partial charge in [-0.05, 0) is 25.0 Å². The quantitative estimate of drug-likeness (QED) is 0.764. The molecule has 24 heavy (non-hydrogen) atoms. The predicted octanol–water partition coefficient (Wildman–Crippen LogP) is 0.805. The van der Waals surface area contributed by atoms with Crippen LogP contribution in [0.25, 0.3) is 0 Å².